The highest BCUT2D eigenvalue weighted by Crippen LogP contribution is 2.27. The molecule has 1 aromatic heterocycles. The molecule has 2 N–H and O–H groups in total. The predicted molar refractivity (Wildman–Crippen MR) is 136 cm³/mol. The van der Waals surface area contributed by atoms with Crippen LogP contribution in [0.25, 0.3) is 0 Å². The highest BCUT2D eigenvalue weighted by atomic mass is 79.9. The van der Waals surface area contributed by atoms with Gasteiger partial charge >= 0.3 is 0 Å². The fourth-order valence-electron chi connectivity index (χ4n) is 2.97. The van der Waals surface area contributed by atoms with Crippen molar-refractivity contribution in [1.82, 2.24) is 20.1 Å². The van der Waals surface area contributed by atoms with Crippen molar-refractivity contribution >= 4 is 68.4 Å². The van der Waals surface area contributed by atoms with Gasteiger partial charge in [0.2, 0.25) is 5.91 Å². The van der Waals surface area contributed by atoms with E-state index in [2.05, 4.69) is 36.8 Å². The number of nitrogens with one attached hydrogen (secondary N) is 2. The Kier molecular flexibility index (Phi) is 8.81. The standard InChI is InChI=1S/C22H22BrCl2N5O2S/c1-4-30-19(10-26-21(32)14-5-6-16(24)17(25)9-14)28-29-22(30)33-11-20(31)27-18-8-13(3)12(2)7-15(18)23/h5-9H,4,10-11H2,1-3H3,(H,26,32)(H,27,31). The zero-order valence-electron chi connectivity index (χ0n) is 18.2. The smallest absolute Gasteiger partial charge is 0.251 e. The van der Waals surface area contributed by atoms with Gasteiger partial charge in [-0.2, -0.15) is 0 Å². The van der Waals surface area contributed by atoms with Crippen molar-refractivity contribution in [3.63, 3.8) is 0 Å². The molecule has 0 aliphatic carbocycles. The molecule has 11 heteroatoms. The number of amides is 2. The predicted octanol–water partition coefficient (Wildman–Crippen LogP) is 5.64. The quantitative estimate of drug-likeness (QED) is 0.342. The highest BCUT2D eigenvalue weighted by molar-refractivity contribution is 9.10. The van der Waals surface area contributed by atoms with Gasteiger partial charge in [-0.05, 0) is 78.2 Å². The summed E-state index contributed by atoms with van der Waals surface area (Å²) in [6, 6.07) is 8.60. The lowest BCUT2D eigenvalue weighted by atomic mass is 10.1. The molecular formula is C22H22BrCl2N5O2S. The van der Waals surface area contributed by atoms with Crippen LogP contribution < -0.4 is 10.6 Å². The van der Waals surface area contributed by atoms with Crippen LogP contribution in [-0.4, -0.2) is 32.3 Å². The van der Waals surface area contributed by atoms with Gasteiger partial charge < -0.3 is 15.2 Å². The largest absolute Gasteiger partial charge is 0.345 e. The minimum absolute atomic E-state index is 0.149. The first-order valence-corrected chi connectivity index (χ1v) is 12.6. The molecule has 174 valence electrons. The van der Waals surface area contributed by atoms with Crippen LogP contribution in [0.4, 0.5) is 5.69 Å². The van der Waals surface area contributed by atoms with Crippen LogP contribution in [0.2, 0.25) is 10.0 Å². The number of aryl methyl sites for hydroxylation is 2. The molecule has 0 aliphatic rings. The molecule has 0 bridgehead atoms. The van der Waals surface area contributed by atoms with E-state index in [1.165, 1.54) is 17.8 Å². The van der Waals surface area contributed by atoms with Crippen LogP contribution in [0.15, 0.2) is 40.0 Å². The summed E-state index contributed by atoms with van der Waals surface area (Å²) < 4.78 is 2.69. The monoisotopic (exact) mass is 569 g/mol. The van der Waals surface area contributed by atoms with Crippen molar-refractivity contribution in [2.24, 2.45) is 0 Å². The molecular weight excluding hydrogens is 549 g/mol. The van der Waals surface area contributed by atoms with Crippen molar-refractivity contribution in [2.45, 2.75) is 39.0 Å². The second-order valence-electron chi connectivity index (χ2n) is 7.21. The number of aromatic nitrogens is 3. The minimum Gasteiger partial charge on any atom is -0.345 e. The average Bonchev–Trinajstić information content (AvgIpc) is 3.18. The Morgan fingerprint density at radius 1 is 1.09 bits per heavy atom. The number of hydrogen-bond acceptors (Lipinski definition) is 5. The zero-order chi connectivity index (χ0) is 24.1. The van der Waals surface area contributed by atoms with Crippen LogP contribution in [-0.2, 0) is 17.9 Å². The van der Waals surface area contributed by atoms with Crippen LogP contribution >= 0.6 is 50.9 Å². The zero-order valence-corrected chi connectivity index (χ0v) is 22.1. The van der Waals surface area contributed by atoms with E-state index in [0.717, 1.165) is 21.3 Å². The summed E-state index contributed by atoms with van der Waals surface area (Å²) in [5, 5.41) is 15.4. The van der Waals surface area contributed by atoms with Crippen molar-refractivity contribution in [2.75, 3.05) is 11.1 Å². The average molecular weight is 571 g/mol. The van der Waals surface area contributed by atoms with E-state index in [4.69, 9.17) is 23.2 Å². The Hall–Kier alpha value is -2.07. The van der Waals surface area contributed by atoms with Crippen molar-refractivity contribution in [1.29, 1.82) is 0 Å². The molecule has 0 saturated carbocycles. The van der Waals surface area contributed by atoms with E-state index in [-0.39, 0.29) is 24.1 Å². The first-order valence-electron chi connectivity index (χ1n) is 10.0. The van der Waals surface area contributed by atoms with Gasteiger partial charge in [-0.3, -0.25) is 9.59 Å². The molecule has 2 aromatic carbocycles. The molecule has 3 rings (SSSR count). The number of thioether (sulfide) groups is 1. The first kappa shape index (κ1) is 25.6. The molecule has 0 spiro atoms. The maximum Gasteiger partial charge on any atom is 0.251 e. The van der Waals surface area contributed by atoms with Crippen LogP contribution in [0, 0.1) is 13.8 Å². The maximum absolute atomic E-state index is 12.5. The Morgan fingerprint density at radius 2 is 1.82 bits per heavy atom. The number of rotatable bonds is 8. The van der Waals surface area contributed by atoms with E-state index in [9.17, 15) is 9.59 Å². The Labute approximate surface area is 214 Å². The number of benzene rings is 2. The van der Waals surface area contributed by atoms with Crippen molar-refractivity contribution in [3.05, 3.63) is 67.4 Å². The molecule has 1 heterocycles. The first-order chi connectivity index (χ1) is 15.7. The molecule has 33 heavy (non-hydrogen) atoms. The molecule has 2 amide bonds. The molecule has 3 aromatic rings. The third-order valence-electron chi connectivity index (χ3n) is 4.89. The van der Waals surface area contributed by atoms with Gasteiger partial charge in [-0.15, -0.1) is 10.2 Å². The van der Waals surface area contributed by atoms with Crippen LogP contribution in [0.1, 0.15) is 34.2 Å². The van der Waals surface area contributed by atoms with Gasteiger partial charge in [-0.1, -0.05) is 35.0 Å². The molecule has 7 nitrogen and oxygen atoms in total. The van der Waals surface area contributed by atoms with Crippen LogP contribution in [0.5, 0.6) is 0 Å². The van der Waals surface area contributed by atoms with E-state index >= 15 is 0 Å². The van der Waals surface area contributed by atoms with Gasteiger partial charge in [0.1, 0.15) is 0 Å². The van der Waals surface area contributed by atoms with Gasteiger partial charge in [-0.25, -0.2) is 0 Å². The summed E-state index contributed by atoms with van der Waals surface area (Å²) in [5.41, 5.74) is 3.37. The Balaban J connectivity index is 1.59. The van der Waals surface area contributed by atoms with E-state index in [1.54, 1.807) is 12.1 Å². The van der Waals surface area contributed by atoms with Gasteiger partial charge in [0, 0.05) is 16.6 Å². The lowest BCUT2D eigenvalue weighted by molar-refractivity contribution is -0.113. The molecule has 0 aliphatic heterocycles. The molecule has 0 fully saturated rings. The minimum atomic E-state index is -0.299. The lowest BCUT2D eigenvalue weighted by Crippen LogP contribution is -2.24. The van der Waals surface area contributed by atoms with Crippen molar-refractivity contribution < 1.29 is 9.59 Å². The summed E-state index contributed by atoms with van der Waals surface area (Å²) in [6.45, 7) is 6.74. The second-order valence-corrected chi connectivity index (χ2v) is 9.82. The Morgan fingerprint density at radius 3 is 2.52 bits per heavy atom. The van der Waals surface area contributed by atoms with Gasteiger partial charge in [0.05, 0.1) is 28.0 Å². The van der Waals surface area contributed by atoms with Gasteiger partial charge in [0.15, 0.2) is 11.0 Å². The SMILES string of the molecule is CCn1c(CNC(=O)c2ccc(Cl)c(Cl)c2)nnc1SCC(=O)Nc1cc(C)c(C)cc1Br. The maximum atomic E-state index is 12.5. The lowest BCUT2D eigenvalue weighted by Gasteiger charge is -2.11. The summed E-state index contributed by atoms with van der Waals surface area (Å²) in [6.07, 6.45) is 0. The molecule has 0 unspecified atom stereocenters. The summed E-state index contributed by atoms with van der Waals surface area (Å²) in [7, 11) is 0. The van der Waals surface area contributed by atoms with Crippen molar-refractivity contribution in [3.8, 4) is 0 Å². The molecule has 0 atom stereocenters. The molecule has 0 radical (unpaired) electrons. The topological polar surface area (TPSA) is 88.9 Å². The molecule has 0 saturated heterocycles. The third-order valence-corrected chi connectivity index (χ3v) is 7.25. The fraction of sp³-hybridized carbons (Fsp3) is 0.273. The van der Waals surface area contributed by atoms with Crippen LogP contribution in [0.3, 0.4) is 0 Å². The third kappa shape index (κ3) is 6.50. The number of halogens is 3. The van der Waals surface area contributed by atoms with Gasteiger partial charge in [0.25, 0.3) is 5.91 Å². The number of carbonyl (C=O) groups is 2. The number of carbonyl (C=O) groups excluding carboxylic acids is 2. The highest BCUT2D eigenvalue weighted by Gasteiger charge is 2.16. The Bertz CT molecular complexity index is 1200. The normalized spacial score (nSPS) is 10.8. The summed E-state index contributed by atoms with van der Waals surface area (Å²) >= 11 is 16.7. The second kappa shape index (κ2) is 11.4. The number of anilines is 1. The van der Waals surface area contributed by atoms with E-state index < -0.39 is 0 Å². The summed E-state index contributed by atoms with van der Waals surface area (Å²) in [4.78, 5) is 24.9. The number of hydrogen-bond donors (Lipinski definition) is 2. The summed E-state index contributed by atoms with van der Waals surface area (Å²) in [5.74, 6) is 0.314. The van der Waals surface area contributed by atoms with E-state index in [1.807, 2.05) is 37.5 Å². The number of nitrogens with zero attached hydrogens (tertiary/aromatic N) is 3. The fourth-order valence-corrected chi connectivity index (χ4v) is 4.64. The van der Waals surface area contributed by atoms with E-state index in [0.29, 0.717) is 33.1 Å².